The van der Waals surface area contributed by atoms with Crippen LogP contribution >= 0.6 is 15.9 Å². The van der Waals surface area contributed by atoms with E-state index in [2.05, 4.69) is 33.4 Å². The van der Waals surface area contributed by atoms with E-state index in [0.29, 0.717) is 11.8 Å². The lowest BCUT2D eigenvalue weighted by Crippen LogP contribution is -2.49. The number of benzene rings is 1. The highest BCUT2D eigenvalue weighted by molar-refractivity contribution is 9.08. The van der Waals surface area contributed by atoms with E-state index < -0.39 is 0 Å². The highest BCUT2D eigenvalue weighted by Gasteiger charge is 2.50. The molecule has 0 heterocycles. The van der Waals surface area contributed by atoms with Gasteiger partial charge in [0.05, 0.1) is 0 Å². The van der Waals surface area contributed by atoms with Crippen molar-refractivity contribution in [1.82, 2.24) is 0 Å². The first-order valence-corrected chi connectivity index (χ1v) is 9.31. The Balaban J connectivity index is 1.50. The second kappa shape index (κ2) is 5.42. The molecule has 0 radical (unpaired) electrons. The van der Waals surface area contributed by atoms with E-state index in [-0.39, 0.29) is 11.8 Å². The van der Waals surface area contributed by atoms with E-state index >= 15 is 0 Å². The SMILES string of the molecule is O=C(Nc1cccc(CBr)c1)C1C2CC3CC(C2)CC1C3. The molecule has 4 saturated carbocycles. The Morgan fingerprint density at radius 2 is 1.76 bits per heavy atom. The summed E-state index contributed by atoms with van der Waals surface area (Å²) in [4.78, 5) is 12.8. The van der Waals surface area contributed by atoms with E-state index in [0.717, 1.165) is 22.9 Å². The zero-order chi connectivity index (χ0) is 14.4. The van der Waals surface area contributed by atoms with Gasteiger partial charge in [-0.25, -0.2) is 0 Å². The number of anilines is 1. The molecular weight excluding hydrogens is 326 g/mol. The van der Waals surface area contributed by atoms with Crippen LogP contribution in [0.4, 0.5) is 5.69 Å². The summed E-state index contributed by atoms with van der Waals surface area (Å²) in [5, 5.41) is 4.01. The highest BCUT2D eigenvalue weighted by Crippen LogP contribution is 2.56. The van der Waals surface area contributed by atoms with Crippen LogP contribution in [0.25, 0.3) is 0 Å². The zero-order valence-corrected chi connectivity index (χ0v) is 13.8. The van der Waals surface area contributed by atoms with Gasteiger partial charge >= 0.3 is 0 Å². The minimum atomic E-state index is 0.269. The lowest BCUT2D eigenvalue weighted by molar-refractivity contribution is -0.132. The normalized spacial score (nSPS) is 36.7. The summed E-state index contributed by atoms with van der Waals surface area (Å²) >= 11 is 3.47. The molecular formula is C18H22BrNO. The first-order valence-electron chi connectivity index (χ1n) is 8.18. The molecule has 2 nitrogen and oxygen atoms in total. The average molecular weight is 348 g/mol. The van der Waals surface area contributed by atoms with Gasteiger partial charge in [-0.15, -0.1) is 0 Å². The van der Waals surface area contributed by atoms with Crippen LogP contribution in [0.2, 0.25) is 0 Å². The molecule has 4 fully saturated rings. The van der Waals surface area contributed by atoms with Gasteiger partial charge in [0.15, 0.2) is 0 Å². The number of halogens is 1. The number of carbonyl (C=O) groups is 1. The minimum absolute atomic E-state index is 0.269. The van der Waals surface area contributed by atoms with E-state index in [4.69, 9.17) is 0 Å². The van der Waals surface area contributed by atoms with Gasteiger partial charge in [-0.2, -0.15) is 0 Å². The fraction of sp³-hybridized carbons (Fsp3) is 0.611. The summed E-state index contributed by atoms with van der Waals surface area (Å²) in [5.74, 6) is 3.70. The number of carbonyl (C=O) groups excluding carboxylic acids is 1. The molecule has 4 bridgehead atoms. The molecule has 4 aliphatic carbocycles. The summed E-state index contributed by atoms with van der Waals surface area (Å²) in [5.41, 5.74) is 2.16. The summed E-state index contributed by atoms with van der Waals surface area (Å²) in [6, 6.07) is 8.17. The van der Waals surface area contributed by atoms with Gasteiger partial charge < -0.3 is 5.32 Å². The first kappa shape index (κ1) is 13.8. The molecule has 4 aliphatic rings. The van der Waals surface area contributed by atoms with Crippen LogP contribution in [0.5, 0.6) is 0 Å². The van der Waals surface area contributed by atoms with Crippen molar-refractivity contribution in [2.45, 2.75) is 37.4 Å². The molecule has 0 atom stereocenters. The molecule has 0 aliphatic heterocycles. The Kier molecular flexibility index (Phi) is 3.56. The van der Waals surface area contributed by atoms with Gasteiger partial charge in [0.2, 0.25) is 5.91 Å². The Bertz CT molecular complexity index is 528. The number of rotatable bonds is 3. The second-order valence-corrected chi connectivity index (χ2v) is 7.84. The summed E-state index contributed by atoms with van der Waals surface area (Å²) < 4.78 is 0. The van der Waals surface area contributed by atoms with Crippen LogP contribution in [0, 0.1) is 29.6 Å². The van der Waals surface area contributed by atoms with Crippen molar-refractivity contribution in [3.63, 3.8) is 0 Å². The molecule has 5 rings (SSSR count). The molecule has 112 valence electrons. The van der Waals surface area contributed by atoms with E-state index in [9.17, 15) is 4.79 Å². The van der Waals surface area contributed by atoms with Gasteiger partial charge in [0, 0.05) is 16.9 Å². The monoisotopic (exact) mass is 347 g/mol. The Hall–Kier alpha value is -0.830. The number of nitrogens with one attached hydrogen (secondary N) is 1. The third-order valence-electron chi connectivity index (χ3n) is 5.88. The van der Waals surface area contributed by atoms with Gasteiger partial charge in [0.1, 0.15) is 0 Å². The minimum Gasteiger partial charge on any atom is -0.326 e. The van der Waals surface area contributed by atoms with Crippen molar-refractivity contribution in [3.05, 3.63) is 29.8 Å². The Labute approximate surface area is 134 Å². The van der Waals surface area contributed by atoms with Crippen LogP contribution in [0.15, 0.2) is 24.3 Å². The van der Waals surface area contributed by atoms with Crippen LogP contribution in [-0.2, 0) is 10.1 Å². The van der Waals surface area contributed by atoms with Gasteiger partial charge in [0.25, 0.3) is 0 Å². The van der Waals surface area contributed by atoms with Crippen molar-refractivity contribution >= 4 is 27.5 Å². The summed E-state index contributed by atoms with van der Waals surface area (Å²) in [6.45, 7) is 0. The summed E-state index contributed by atoms with van der Waals surface area (Å²) in [6.07, 6.45) is 6.63. The largest absolute Gasteiger partial charge is 0.326 e. The Morgan fingerprint density at radius 3 is 2.38 bits per heavy atom. The molecule has 1 amide bonds. The van der Waals surface area contributed by atoms with Crippen molar-refractivity contribution in [3.8, 4) is 0 Å². The van der Waals surface area contributed by atoms with E-state index in [1.807, 2.05) is 12.1 Å². The fourth-order valence-corrected chi connectivity index (χ4v) is 5.66. The molecule has 1 aromatic carbocycles. The van der Waals surface area contributed by atoms with Crippen LogP contribution in [-0.4, -0.2) is 5.91 Å². The molecule has 0 aromatic heterocycles. The molecule has 0 spiro atoms. The summed E-state index contributed by atoms with van der Waals surface area (Å²) in [7, 11) is 0. The maximum absolute atomic E-state index is 12.8. The maximum Gasteiger partial charge on any atom is 0.228 e. The zero-order valence-electron chi connectivity index (χ0n) is 12.2. The predicted octanol–water partition coefficient (Wildman–Crippen LogP) is 4.59. The average Bonchev–Trinajstić information content (AvgIpc) is 2.46. The van der Waals surface area contributed by atoms with Crippen molar-refractivity contribution in [2.75, 3.05) is 5.32 Å². The molecule has 21 heavy (non-hydrogen) atoms. The molecule has 3 heteroatoms. The maximum atomic E-state index is 12.8. The number of hydrogen-bond donors (Lipinski definition) is 1. The van der Waals surface area contributed by atoms with Crippen molar-refractivity contribution < 1.29 is 4.79 Å². The van der Waals surface area contributed by atoms with E-state index in [1.54, 1.807) is 0 Å². The second-order valence-electron chi connectivity index (χ2n) is 7.28. The Morgan fingerprint density at radius 1 is 1.10 bits per heavy atom. The van der Waals surface area contributed by atoms with Crippen molar-refractivity contribution in [2.24, 2.45) is 29.6 Å². The van der Waals surface area contributed by atoms with Crippen LogP contribution < -0.4 is 5.32 Å². The first-order chi connectivity index (χ1) is 10.2. The van der Waals surface area contributed by atoms with Gasteiger partial charge in [-0.3, -0.25) is 4.79 Å². The van der Waals surface area contributed by atoms with Crippen molar-refractivity contribution in [1.29, 1.82) is 0 Å². The van der Waals surface area contributed by atoms with Crippen LogP contribution in [0.1, 0.15) is 37.7 Å². The predicted molar refractivity (Wildman–Crippen MR) is 88.2 cm³/mol. The van der Waals surface area contributed by atoms with Gasteiger partial charge in [-0.05, 0) is 73.5 Å². The number of alkyl halides is 1. The lowest BCUT2D eigenvalue weighted by atomic mass is 9.51. The third-order valence-corrected chi connectivity index (χ3v) is 6.53. The third kappa shape index (κ3) is 2.54. The molecule has 1 aromatic rings. The van der Waals surface area contributed by atoms with Gasteiger partial charge in [-0.1, -0.05) is 28.1 Å². The lowest BCUT2D eigenvalue weighted by Gasteiger charge is -2.53. The number of amides is 1. The fourth-order valence-electron chi connectivity index (χ4n) is 5.31. The number of hydrogen-bond acceptors (Lipinski definition) is 1. The molecule has 0 unspecified atom stereocenters. The van der Waals surface area contributed by atoms with E-state index in [1.165, 1.54) is 37.7 Å². The molecule has 0 saturated heterocycles. The quantitative estimate of drug-likeness (QED) is 0.795. The highest BCUT2D eigenvalue weighted by atomic mass is 79.9. The standard InChI is InChI=1S/C18H22BrNO/c19-10-11-2-1-3-16(9-11)20-18(21)17-14-5-12-4-13(7-14)8-15(17)6-12/h1-3,9,12-15,17H,4-8,10H2,(H,20,21). The van der Waals surface area contributed by atoms with Crippen LogP contribution in [0.3, 0.4) is 0 Å². The molecule has 1 N–H and O–H groups in total. The smallest absolute Gasteiger partial charge is 0.228 e. The topological polar surface area (TPSA) is 29.1 Å².